The zero-order valence-corrected chi connectivity index (χ0v) is 11.9. The second-order valence-electron chi connectivity index (χ2n) is 4.76. The monoisotopic (exact) mass is 281 g/mol. The van der Waals surface area contributed by atoms with Crippen LogP contribution in [0.5, 0.6) is 5.75 Å². The molecule has 3 aromatic rings. The first-order valence-corrected chi connectivity index (χ1v) is 6.59. The lowest BCUT2D eigenvalue weighted by atomic mass is 10.1. The van der Waals surface area contributed by atoms with Crippen LogP contribution in [0.3, 0.4) is 0 Å². The van der Waals surface area contributed by atoms with Crippen molar-refractivity contribution >= 4 is 23.3 Å². The summed E-state index contributed by atoms with van der Waals surface area (Å²) in [7, 11) is 3.35. The fraction of sp³-hybridized carbons (Fsp3) is 0.118. The summed E-state index contributed by atoms with van der Waals surface area (Å²) < 4.78 is 11.7. The Labute approximate surface area is 121 Å². The Balaban J connectivity index is 1.91. The number of aryl methyl sites for hydroxylation is 1. The van der Waals surface area contributed by atoms with Gasteiger partial charge in [0, 0.05) is 7.05 Å². The maximum Gasteiger partial charge on any atom is 0.419 e. The number of hydrogen-bond acceptors (Lipinski definition) is 3. The highest BCUT2D eigenvalue weighted by Crippen LogP contribution is 2.17. The smallest absolute Gasteiger partial charge is 0.419 e. The van der Waals surface area contributed by atoms with E-state index in [-0.39, 0.29) is 5.76 Å². The van der Waals surface area contributed by atoms with Crippen molar-refractivity contribution in [1.82, 2.24) is 4.57 Å². The van der Waals surface area contributed by atoms with E-state index in [1.165, 1.54) is 4.57 Å². The summed E-state index contributed by atoms with van der Waals surface area (Å²) in [6, 6.07) is 13.5. The summed E-state index contributed by atoms with van der Waals surface area (Å²) in [5.74, 6) is 0.489. The Morgan fingerprint density at radius 1 is 1.05 bits per heavy atom. The molecule has 0 aliphatic carbocycles. The molecule has 1 heterocycles. The molecule has 1 aromatic heterocycles. The average molecular weight is 281 g/mol. The van der Waals surface area contributed by atoms with Gasteiger partial charge in [-0.05, 0) is 35.4 Å². The van der Waals surface area contributed by atoms with Crippen LogP contribution >= 0.6 is 0 Å². The Hall–Kier alpha value is -2.75. The van der Waals surface area contributed by atoms with Crippen LogP contribution in [0.2, 0.25) is 0 Å². The Bertz CT molecular complexity index is 854. The third kappa shape index (κ3) is 2.60. The molecule has 106 valence electrons. The molecule has 0 saturated heterocycles. The molecule has 0 atom stereocenters. The third-order valence-corrected chi connectivity index (χ3v) is 3.40. The first-order valence-electron chi connectivity index (χ1n) is 6.59. The minimum absolute atomic E-state index is 0.346. The lowest BCUT2D eigenvalue weighted by Crippen LogP contribution is -2.08. The van der Waals surface area contributed by atoms with Crippen LogP contribution in [0.4, 0.5) is 0 Å². The van der Waals surface area contributed by atoms with E-state index in [2.05, 4.69) is 0 Å². The number of oxazole rings is 1. The van der Waals surface area contributed by atoms with Crippen LogP contribution in [0, 0.1) is 0 Å². The number of nitrogens with zero attached hydrogens (tertiary/aromatic N) is 1. The molecular formula is C17H15NO3. The highest BCUT2D eigenvalue weighted by atomic mass is 16.5. The molecule has 0 unspecified atom stereocenters. The fourth-order valence-corrected chi connectivity index (χ4v) is 2.15. The molecule has 0 aliphatic heterocycles. The van der Waals surface area contributed by atoms with Crippen molar-refractivity contribution in [1.29, 1.82) is 0 Å². The van der Waals surface area contributed by atoms with Crippen LogP contribution in [0.1, 0.15) is 11.1 Å². The lowest BCUT2D eigenvalue weighted by Gasteiger charge is -1.99. The lowest BCUT2D eigenvalue weighted by molar-refractivity contribution is 0.415. The number of ether oxygens (including phenoxy) is 1. The van der Waals surface area contributed by atoms with Gasteiger partial charge in [0.15, 0.2) is 5.58 Å². The molecule has 0 bridgehead atoms. The summed E-state index contributed by atoms with van der Waals surface area (Å²) in [5, 5.41) is 0. The second kappa shape index (κ2) is 5.32. The van der Waals surface area contributed by atoms with E-state index in [0.717, 1.165) is 22.4 Å². The molecule has 0 spiro atoms. The van der Waals surface area contributed by atoms with E-state index in [0.29, 0.717) is 5.58 Å². The maximum absolute atomic E-state index is 11.5. The number of fused-ring (bicyclic) bond motifs is 1. The SMILES string of the molecule is COc1ccc(/C=C/c2ccc3oc(=O)n(C)c3c2)cc1. The first-order chi connectivity index (χ1) is 10.2. The van der Waals surface area contributed by atoms with Gasteiger partial charge in [-0.3, -0.25) is 4.57 Å². The van der Waals surface area contributed by atoms with Gasteiger partial charge in [-0.25, -0.2) is 4.79 Å². The van der Waals surface area contributed by atoms with E-state index in [4.69, 9.17) is 9.15 Å². The predicted molar refractivity (Wildman–Crippen MR) is 83.4 cm³/mol. The van der Waals surface area contributed by atoms with E-state index in [1.807, 2.05) is 54.6 Å². The van der Waals surface area contributed by atoms with Gasteiger partial charge >= 0.3 is 5.76 Å². The number of aromatic nitrogens is 1. The van der Waals surface area contributed by atoms with Gasteiger partial charge in [0.05, 0.1) is 12.6 Å². The van der Waals surface area contributed by atoms with E-state index >= 15 is 0 Å². The molecule has 0 amide bonds. The van der Waals surface area contributed by atoms with Crippen LogP contribution in [-0.4, -0.2) is 11.7 Å². The molecule has 0 saturated carbocycles. The van der Waals surface area contributed by atoms with Crippen molar-refractivity contribution in [3.8, 4) is 5.75 Å². The van der Waals surface area contributed by atoms with Gasteiger partial charge in [-0.1, -0.05) is 30.4 Å². The van der Waals surface area contributed by atoms with Crippen molar-refractivity contribution in [3.63, 3.8) is 0 Å². The normalized spacial score (nSPS) is 11.3. The molecule has 4 nitrogen and oxygen atoms in total. The van der Waals surface area contributed by atoms with Crippen LogP contribution < -0.4 is 10.5 Å². The largest absolute Gasteiger partial charge is 0.497 e. The summed E-state index contributed by atoms with van der Waals surface area (Å²) in [4.78, 5) is 11.5. The summed E-state index contributed by atoms with van der Waals surface area (Å²) in [5.41, 5.74) is 3.48. The van der Waals surface area contributed by atoms with Gasteiger partial charge in [-0.2, -0.15) is 0 Å². The van der Waals surface area contributed by atoms with Crippen molar-refractivity contribution < 1.29 is 9.15 Å². The van der Waals surface area contributed by atoms with E-state index in [1.54, 1.807) is 14.2 Å². The molecular weight excluding hydrogens is 266 g/mol. The van der Waals surface area contributed by atoms with Gasteiger partial charge in [-0.15, -0.1) is 0 Å². The van der Waals surface area contributed by atoms with Gasteiger partial charge in [0.1, 0.15) is 5.75 Å². The molecule has 0 aliphatic rings. The first kappa shape index (κ1) is 13.2. The molecule has 21 heavy (non-hydrogen) atoms. The Morgan fingerprint density at radius 2 is 1.71 bits per heavy atom. The van der Waals surface area contributed by atoms with Crippen molar-refractivity contribution in [2.45, 2.75) is 0 Å². The molecule has 2 aromatic carbocycles. The minimum atomic E-state index is -0.346. The number of rotatable bonds is 3. The van der Waals surface area contributed by atoms with Crippen molar-refractivity contribution in [2.75, 3.05) is 7.11 Å². The van der Waals surface area contributed by atoms with Gasteiger partial charge in [0.2, 0.25) is 0 Å². The van der Waals surface area contributed by atoms with E-state index in [9.17, 15) is 4.79 Å². The summed E-state index contributed by atoms with van der Waals surface area (Å²) in [6.45, 7) is 0. The number of hydrogen-bond donors (Lipinski definition) is 0. The quantitative estimate of drug-likeness (QED) is 0.692. The van der Waals surface area contributed by atoms with Crippen LogP contribution in [-0.2, 0) is 7.05 Å². The zero-order valence-electron chi connectivity index (χ0n) is 11.9. The standard InChI is InChI=1S/C17H15NO3/c1-18-15-11-13(7-10-16(15)21-17(18)19)4-3-12-5-8-14(20-2)9-6-12/h3-11H,1-2H3/b4-3+. The highest BCUT2D eigenvalue weighted by molar-refractivity contribution is 5.79. The van der Waals surface area contributed by atoms with Crippen LogP contribution in [0.25, 0.3) is 23.3 Å². The maximum atomic E-state index is 11.5. The predicted octanol–water partition coefficient (Wildman–Crippen LogP) is 3.31. The number of benzene rings is 2. The Kier molecular flexibility index (Phi) is 3.36. The van der Waals surface area contributed by atoms with Crippen LogP contribution in [0.15, 0.2) is 51.7 Å². The second-order valence-corrected chi connectivity index (χ2v) is 4.76. The van der Waals surface area contributed by atoms with Gasteiger partial charge < -0.3 is 9.15 Å². The minimum Gasteiger partial charge on any atom is -0.497 e. The third-order valence-electron chi connectivity index (χ3n) is 3.40. The zero-order chi connectivity index (χ0) is 14.8. The molecule has 0 fully saturated rings. The summed E-state index contributed by atoms with van der Waals surface area (Å²) >= 11 is 0. The highest BCUT2D eigenvalue weighted by Gasteiger charge is 2.05. The molecule has 0 radical (unpaired) electrons. The number of methoxy groups -OCH3 is 1. The molecule has 0 N–H and O–H groups in total. The summed E-state index contributed by atoms with van der Waals surface area (Å²) in [6.07, 6.45) is 4.01. The Morgan fingerprint density at radius 3 is 2.43 bits per heavy atom. The fourth-order valence-electron chi connectivity index (χ4n) is 2.15. The average Bonchev–Trinajstić information content (AvgIpc) is 2.80. The topological polar surface area (TPSA) is 44.4 Å². The van der Waals surface area contributed by atoms with Crippen molar-refractivity contribution in [2.24, 2.45) is 7.05 Å². The van der Waals surface area contributed by atoms with E-state index < -0.39 is 0 Å². The molecule has 4 heteroatoms. The molecule has 3 rings (SSSR count). The van der Waals surface area contributed by atoms with Crippen molar-refractivity contribution in [3.05, 3.63) is 64.1 Å². The van der Waals surface area contributed by atoms with Gasteiger partial charge in [0.25, 0.3) is 0 Å².